The van der Waals surface area contributed by atoms with E-state index >= 15 is 0 Å². The van der Waals surface area contributed by atoms with Crippen LogP contribution in [0.3, 0.4) is 0 Å². The Morgan fingerprint density at radius 1 is 1.29 bits per heavy atom. The first-order chi connectivity index (χ1) is 14.8. The van der Waals surface area contributed by atoms with Crippen molar-refractivity contribution in [3.05, 3.63) is 78.6 Å². The van der Waals surface area contributed by atoms with Crippen LogP contribution in [0.1, 0.15) is 4.88 Å². The summed E-state index contributed by atoms with van der Waals surface area (Å²) in [6, 6.07) is 9.64. The van der Waals surface area contributed by atoms with E-state index in [9.17, 15) is 19.7 Å². The summed E-state index contributed by atoms with van der Waals surface area (Å²) in [5, 5.41) is 15.6. The maximum atomic E-state index is 12.9. The molecule has 0 atom stereocenters. The van der Waals surface area contributed by atoms with Crippen molar-refractivity contribution in [3.8, 4) is 5.69 Å². The van der Waals surface area contributed by atoms with E-state index in [2.05, 4.69) is 10.1 Å². The molecule has 0 radical (unpaired) electrons. The highest BCUT2D eigenvalue weighted by Gasteiger charge is 2.20. The number of amides is 1. The van der Waals surface area contributed by atoms with Gasteiger partial charge in [0.1, 0.15) is 23.9 Å². The van der Waals surface area contributed by atoms with Crippen LogP contribution >= 0.6 is 22.9 Å². The molecule has 3 aromatic heterocycles. The average molecular weight is 459 g/mol. The van der Waals surface area contributed by atoms with Crippen LogP contribution in [0, 0.1) is 10.1 Å². The Morgan fingerprint density at radius 3 is 2.77 bits per heavy atom. The fourth-order valence-electron chi connectivity index (χ4n) is 3.06. The van der Waals surface area contributed by atoms with Gasteiger partial charge in [-0.2, -0.15) is 5.10 Å². The molecular formula is C19H15ClN6O4S. The molecule has 0 fully saturated rings. The van der Waals surface area contributed by atoms with Crippen LogP contribution in [0.4, 0.5) is 5.69 Å². The molecule has 4 rings (SSSR count). The summed E-state index contributed by atoms with van der Waals surface area (Å²) in [5.74, 6) is -0.279. The number of carbonyl (C=O) groups is 1. The number of fused-ring (bicyclic) bond motifs is 1. The van der Waals surface area contributed by atoms with Crippen LogP contribution in [-0.4, -0.2) is 42.1 Å². The zero-order valence-electron chi connectivity index (χ0n) is 16.1. The number of nitrogens with zero attached hydrogens (tertiary/aromatic N) is 6. The molecule has 10 nitrogen and oxygen atoms in total. The van der Waals surface area contributed by atoms with Gasteiger partial charge in [-0.1, -0.05) is 23.7 Å². The van der Waals surface area contributed by atoms with Gasteiger partial charge in [0.25, 0.3) is 11.2 Å². The second-order valence-corrected chi connectivity index (χ2v) is 8.47. The molecule has 0 bridgehead atoms. The van der Waals surface area contributed by atoms with Crippen LogP contribution < -0.4 is 5.56 Å². The number of para-hydroxylation sites is 2. The lowest BCUT2D eigenvalue weighted by molar-refractivity contribution is -0.384. The topological polar surface area (TPSA) is 116 Å². The van der Waals surface area contributed by atoms with Crippen LogP contribution in [-0.2, 0) is 17.9 Å². The van der Waals surface area contributed by atoms with Gasteiger partial charge >= 0.3 is 0 Å². The van der Waals surface area contributed by atoms with E-state index in [4.69, 9.17) is 11.6 Å². The van der Waals surface area contributed by atoms with Gasteiger partial charge in [-0.3, -0.25) is 24.3 Å². The van der Waals surface area contributed by atoms with Crippen molar-refractivity contribution in [3.63, 3.8) is 0 Å². The van der Waals surface area contributed by atoms with Crippen molar-refractivity contribution in [1.29, 1.82) is 0 Å². The Labute approximate surface area is 184 Å². The maximum Gasteiger partial charge on any atom is 0.294 e. The van der Waals surface area contributed by atoms with Gasteiger partial charge in [0, 0.05) is 18.0 Å². The molecule has 0 saturated heterocycles. The standard InChI is InChI=1S/C19H15ClN6O4S/c1-23(9-12-6-7-16(20)31-12)17(27)10-24-11-21-18-13(19(24)28)8-22-25(18)14-4-2-3-5-15(14)26(29)30/h2-8,11H,9-10H2,1H3. The van der Waals surface area contributed by atoms with E-state index in [1.165, 1.54) is 50.1 Å². The number of benzene rings is 1. The zero-order valence-corrected chi connectivity index (χ0v) is 17.7. The normalized spacial score (nSPS) is 11.0. The molecule has 0 aliphatic carbocycles. The molecule has 0 saturated carbocycles. The van der Waals surface area contributed by atoms with Gasteiger partial charge in [0.15, 0.2) is 5.65 Å². The second-order valence-electron chi connectivity index (χ2n) is 6.67. The Hall–Kier alpha value is -3.57. The van der Waals surface area contributed by atoms with E-state index in [0.717, 1.165) is 4.88 Å². The second kappa shape index (κ2) is 8.28. The summed E-state index contributed by atoms with van der Waals surface area (Å²) in [7, 11) is 1.64. The molecule has 4 aromatic rings. The number of nitro benzene ring substituents is 1. The molecule has 1 aromatic carbocycles. The van der Waals surface area contributed by atoms with Gasteiger partial charge < -0.3 is 4.90 Å². The third kappa shape index (κ3) is 4.05. The van der Waals surface area contributed by atoms with Crippen molar-refractivity contribution in [2.24, 2.45) is 0 Å². The van der Waals surface area contributed by atoms with Crippen molar-refractivity contribution in [1.82, 2.24) is 24.2 Å². The monoisotopic (exact) mass is 458 g/mol. The van der Waals surface area contributed by atoms with Crippen LogP contribution in [0.5, 0.6) is 0 Å². The van der Waals surface area contributed by atoms with Crippen molar-refractivity contribution >= 4 is 45.6 Å². The maximum absolute atomic E-state index is 12.9. The smallest absolute Gasteiger partial charge is 0.294 e. The first kappa shape index (κ1) is 20.7. The molecule has 0 unspecified atom stereocenters. The van der Waals surface area contributed by atoms with E-state index in [1.54, 1.807) is 25.2 Å². The summed E-state index contributed by atoms with van der Waals surface area (Å²) in [6.45, 7) is 0.171. The van der Waals surface area contributed by atoms with Gasteiger partial charge in [0.05, 0.1) is 22.0 Å². The lowest BCUT2D eigenvalue weighted by Gasteiger charge is -2.16. The SMILES string of the molecule is CN(Cc1ccc(Cl)s1)C(=O)Cn1cnc2c(cnn2-c2ccccc2[N+](=O)[O-])c1=O. The molecule has 158 valence electrons. The first-order valence-corrected chi connectivity index (χ1v) is 10.2. The molecule has 0 aliphatic heterocycles. The number of likely N-dealkylation sites (N-methyl/N-ethyl adjacent to an activating group) is 1. The molecule has 1 amide bonds. The fourth-order valence-corrected chi connectivity index (χ4v) is 4.20. The minimum Gasteiger partial charge on any atom is -0.339 e. The number of rotatable bonds is 6. The summed E-state index contributed by atoms with van der Waals surface area (Å²) in [5.41, 5.74) is -0.262. The van der Waals surface area contributed by atoms with E-state index in [1.807, 2.05) is 6.07 Å². The molecular weight excluding hydrogens is 444 g/mol. The van der Waals surface area contributed by atoms with Crippen LogP contribution in [0.2, 0.25) is 4.34 Å². The minimum absolute atomic E-state index is 0.154. The van der Waals surface area contributed by atoms with Gasteiger partial charge in [0.2, 0.25) is 5.91 Å². The van der Waals surface area contributed by atoms with E-state index in [-0.39, 0.29) is 34.9 Å². The van der Waals surface area contributed by atoms with Crippen molar-refractivity contribution < 1.29 is 9.72 Å². The Balaban J connectivity index is 1.62. The quantitative estimate of drug-likeness (QED) is 0.324. The van der Waals surface area contributed by atoms with Crippen molar-refractivity contribution in [2.45, 2.75) is 13.1 Å². The molecule has 31 heavy (non-hydrogen) atoms. The zero-order chi connectivity index (χ0) is 22.1. The van der Waals surface area contributed by atoms with Crippen molar-refractivity contribution in [2.75, 3.05) is 7.05 Å². The summed E-state index contributed by atoms with van der Waals surface area (Å²) in [6.07, 6.45) is 2.53. The van der Waals surface area contributed by atoms with Gasteiger partial charge in [-0.15, -0.1) is 11.3 Å². The van der Waals surface area contributed by atoms with E-state index < -0.39 is 10.5 Å². The van der Waals surface area contributed by atoms with Crippen LogP contribution in [0.15, 0.2) is 53.7 Å². The lowest BCUT2D eigenvalue weighted by atomic mass is 10.2. The highest BCUT2D eigenvalue weighted by molar-refractivity contribution is 7.16. The molecule has 3 heterocycles. The average Bonchev–Trinajstić information content (AvgIpc) is 3.36. The number of nitro groups is 1. The molecule has 12 heteroatoms. The fraction of sp³-hybridized carbons (Fsp3) is 0.158. The number of carbonyl (C=O) groups excluding carboxylic acids is 1. The van der Waals surface area contributed by atoms with Crippen LogP contribution in [0.25, 0.3) is 16.7 Å². The molecule has 0 N–H and O–H groups in total. The number of hydrogen-bond donors (Lipinski definition) is 0. The van der Waals surface area contributed by atoms with E-state index in [0.29, 0.717) is 10.9 Å². The highest BCUT2D eigenvalue weighted by Crippen LogP contribution is 2.24. The molecule has 0 spiro atoms. The molecule has 0 aliphatic rings. The number of hydrogen-bond acceptors (Lipinski definition) is 7. The van der Waals surface area contributed by atoms with Gasteiger partial charge in [-0.05, 0) is 18.2 Å². The summed E-state index contributed by atoms with van der Waals surface area (Å²) >= 11 is 7.30. The summed E-state index contributed by atoms with van der Waals surface area (Å²) < 4.78 is 3.07. The highest BCUT2D eigenvalue weighted by atomic mass is 35.5. The number of halogens is 1. The third-order valence-corrected chi connectivity index (χ3v) is 5.83. The lowest BCUT2D eigenvalue weighted by Crippen LogP contribution is -2.33. The summed E-state index contributed by atoms with van der Waals surface area (Å²) in [4.78, 5) is 42.9. The first-order valence-electron chi connectivity index (χ1n) is 9.00. The largest absolute Gasteiger partial charge is 0.339 e. The predicted molar refractivity (Wildman–Crippen MR) is 116 cm³/mol. The number of aromatic nitrogens is 4. The Bertz CT molecular complexity index is 1360. The predicted octanol–water partition coefficient (Wildman–Crippen LogP) is 2.86. The van der Waals surface area contributed by atoms with Gasteiger partial charge in [-0.25, -0.2) is 9.67 Å². The minimum atomic E-state index is -0.528. The number of thiophene rings is 1. The Morgan fingerprint density at radius 2 is 2.06 bits per heavy atom. The Kier molecular flexibility index (Phi) is 5.53. The third-order valence-electron chi connectivity index (χ3n) is 4.61.